The molecule has 3 rings (SSSR count). The lowest BCUT2D eigenvalue weighted by Gasteiger charge is -2.22. The van der Waals surface area contributed by atoms with Crippen LogP contribution in [0.25, 0.3) is 0 Å². The van der Waals surface area contributed by atoms with Crippen LogP contribution in [0.3, 0.4) is 0 Å². The molecule has 0 amide bonds. The van der Waals surface area contributed by atoms with Gasteiger partial charge in [0.15, 0.2) is 5.96 Å². The van der Waals surface area contributed by atoms with Gasteiger partial charge in [-0.1, -0.05) is 23.7 Å². The van der Waals surface area contributed by atoms with Gasteiger partial charge in [-0.3, -0.25) is 9.89 Å². The SMILES string of the molecule is CN=C(NCCN(CC1CC1)C1CC1)NCc1cccc(Cl)c1.I. The lowest BCUT2D eigenvalue weighted by atomic mass is 10.2. The molecule has 6 heteroatoms. The Morgan fingerprint density at radius 2 is 2.04 bits per heavy atom. The van der Waals surface area contributed by atoms with Crippen LogP contribution in [0, 0.1) is 5.92 Å². The molecule has 2 fully saturated rings. The predicted octanol–water partition coefficient (Wildman–Crippen LogP) is 3.50. The first-order valence-corrected chi connectivity index (χ1v) is 9.05. The van der Waals surface area contributed by atoms with Crippen molar-refractivity contribution in [2.75, 3.05) is 26.7 Å². The Balaban J connectivity index is 0.00000208. The lowest BCUT2D eigenvalue weighted by Crippen LogP contribution is -2.42. The van der Waals surface area contributed by atoms with Gasteiger partial charge < -0.3 is 10.6 Å². The van der Waals surface area contributed by atoms with E-state index in [2.05, 4.69) is 26.6 Å². The molecule has 2 aliphatic carbocycles. The summed E-state index contributed by atoms with van der Waals surface area (Å²) in [6.07, 6.45) is 5.63. The number of hydrogen-bond donors (Lipinski definition) is 2. The van der Waals surface area contributed by atoms with Crippen molar-refractivity contribution in [1.29, 1.82) is 0 Å². The van der Waals surface area contributed by atoms with E-state index in [9.17, 15) is 0 Å². The first kappa shape index (κ1) is 19.8. The first-order valence-electron chi connectivity index (χ1n) is 8.67. The Labute approximate surface area is 167 Å². The second-order valence-electron chi connectivity index (χ2n) is 6.65. The van der Waals surface area contributed by atoms with Crippen LogP contribution in [0.4, 0.5) is 0 Å². The minimum absolute atomic E-state index is 0. The van der Waals surface area contributed by atoms with Crippen molar-refractivity contribution in [1.82, 2.24) is 15.5 Å². The normalized spacial score (nSPS) is 17.5. The Morgan fingerprint density at radius 1 is 1.25 bits per heavy atom. The van der Waals surface area contributed by atoms with Crippen LogP contribution in [-0.4, -0.2) is 43.6 Å². The first-order chi connectivity index (χ1) is 11.2. The van der Waals surface area contributed by atoms with E-state index < -0.39 is 0 Å². The average Bonchev–Trinajstić information content (AvgIpc) is 3.43. The second-order valence-corrected chi connectivity index (χ2v) is 7.09. The third-order valence-corrected chi connectivity index (χ3v) is 4.75. The Kier molecular flexibility index (Phi) is 8.10. The molecule has 1 aromatic carbocycles. The summed E-state index contributed by atoms with van der Waals surface area (Å²) in [6, 6.07) is 8.76. The number of nitrogens with zero attached hydrogens (tertiary/aromatic N) is 2. The molecule has 0 radical (unpaired) electrons. The van der Waals surface area contributed by atoms with Crippen LogP contribution < -0.4 is 10.6 Å². The zero-order valence-electron chi connectivity index (χ0n) is 14.3. The highest BCUT2D eigenvalue weighted by Crippen LogP contribution is 2.34. The Hall–Kier alpha value is -0.530. The molecule has 0 heterocycles. The highest BCUT2D eigenvalue weighted by atomic mass is 127. The highest BCUT2D eigenvalue weighted by molar-refractivity contribution is 14.0. The summed E-state index contributed by atoms with van der Waals surface area (Å²) in [5.41, 5.74) is 1.16. The summed E-state index contributed by atoms with van der Waals surface area (Å²) in [5.74, 6) is 1.82. The summed E-state index contributed by atoms with van der Waals surface area (Å²) in [7, 11) is 1.82. The third kappa shape index (κ3) is 6.76. The van der Waals surface area contributed by atoms with E-state index in [1.165, 1.54) is 32.2 Å². The van der Waals surface area contributed by atoms with Crippen molar-refractivity contribution in [2.24, 2.45) is 10.9 Å². The predicted molar refractivity (Wildman–Crippen MR) is 112 cm³/mol. The fraction of sp³-hybridized carbons (Fsp3) is 0.611. The standard InChI is InChI=1S/C18H27ClN4.HI/c1-20-18(22-12-15-3-2-4-16(19)11-15)21-9-10-23(17-7-8-17)13-14-5-6-14;/h2-4,11,14,17H,5-10,12-13H2,1H3,(H2,20,21,22);1H. The van der Waals surface area contributed by atoms with Crippen molar-refractivity contribution in [3.63, 3.8) is 0 Å². The van der Waals surface area contributed by atoms with Gasteiger partial charge in [0.1, 0.15) is 0 Å². The van der Waals surface area contributed by atoms with Crippen molar-refractivity contribution < 1.29 is 0 Å². The number of hydrogen-bond acceptors (Lipinski definition) is 2. The molecule has 0 spiro atoms. The number of rotatable bonds is 8. The van der Waals surface area contributed by atoms with Gasteiger partial charge in [-0.05, 0) is 49.3 Å². The van der Waals surface area contributed by atoms with Gasteiger partial charge in [0.25, 0.3) is 0 Å². The van der Waals surface area contributed by atoms with E-state index in [0.29, 0.717) is 0 Å². The molecule has 2 saturated carbocycles. The summed E-state index contributed by atoms with van der Waals surface area (Å²) >= 11 is 6.02. The van der Waals surface area contributed by atoms with Gasteiger partial charge >= 0.3 is 0 Å². The zero-order valence-corrected chi connectivity index (χ0v) is 17.4. The number of guanidine groups is 1. The van der Waals surface area contributed by atoms with Crippen LogP contribution in [-0.2, 0) is 6.54 Å². The molecule has 0 atom stereocenters. The molecule has 134 valence electrons. The van der Waals surface area contributed by atoms with Crippen LogP contribution in [0.15, 0.2) is 29.3 Å². The van der Waals surface area contributed by atoms with Gasteiger partial charge in [0, 0.05) is 44.3 Å². The molecule has 2 N–H and O–H groups in total. The number of halogens is 2. The lowest BCUT2D eigenvalue weighted by molar-refractivity contribution is 0.256. The Morgan fingerprint density at radius 3 is 2.67 bits per heavy atom. The van der Waals surface area contributed by atoms with Crippen molar-refractivity contribution in [2.45, 2.75) is 38.3 Å². The summed E-state index contributed by atoms with van der Waals surface area (Å²) in [4.78, 5) is 6.96. The number of benzene rings is 1. The van der Waals surface area contributed by atoms with Crippen LogP contribution in [0.1, 0.15) is 31.2 Å². The summed E-state index contributed by atoms with van der Waals surface area (Å²) in [5, 5.41) is 7.54. The molecule has 0 bridgehead atoms. The summed E-state index contributed by atoms with van der Waals surface area (Å²) < 4.78 is 0. The van der Waals surface area contributed by atoms with Gasteiger partial charge in [-0.15, -0.1) is 24.0 Å². The molecule has 0 aliphatic heterocycles. The summed E-state index contributed by atoms with van der Waals surface area (Å²) in [6.45, 7) is 4.08. The molecular weight excluding hydrogens is 435 g/mol. The van der Waals surface area contributed by atoms with Gasteiger partial charge in [-0.25, -0.2) is 0 Å². The topological polar surface area (TPSA) is 39.7 Å². The minimum Gasteiger partial charge on any atom is -0.355 e. The highest BCUT2D eigenvalue weighted by Gasteiger charge is 2.33. The number of nitrogens with one attached hydrogen (secondary N) is 2. The minimum atomic E-state index is 0. The van der Waals surface area contributed by atoms with Crippen LogP contribution in [0.5, 0.6) is 0 Å². The quantitative estimate of drug-likeness (QED) is 0.353. The Bertz CT molecular complexity index is 544. The van der Waals surface area contributed by atoms with E-state index in [1.807, 2.05) is 25.2 Å². The average molecular weight is 463 g/mol. The van der Waals surface area contributed by atoms with E-state index in [1.54, 1.807) is 0 Å². The fourth-order valence-electron chi connectivity index (χ4n) is 2.87. The maximum atomic E-state index is 6.02. The fourth-order valence-corrected chi connectivity index (χ4v) is 3.08. The molecule has 1 aromatic rings. The molecule has 0 unspecified atom stereocenters. The van der Waals surface area contributed by atoms with Crippen molar-refractivity contribution in [3.05, 3.63) is 34.9 Å². The van der Waals surface area contributed by atoms with Gasteiger partial charge in [-0.2, -0.15) is 0 Å². The second kappa shape index (κ2) is 9.82. The molecule has 24 heavy (non-hydrogen) atoms. The molecule has 4 nitrogen and oxygen atoms in total. The van der Waals surface area contributed by atoms with Crippen molar-refractivity contribution >= 4 is 41.5 Å². The molecule has 0 saturated heterocycles. The van der Waals surface area contributed by atoms with E-state index >= 15 is 0 Å². The maximum Gasteiger partial charge on any atom is 0.191 e. The van der Waals surface area contributed by atoms with Gasteiger partial charge in [0.05, 0.1) is 0 Å². The van der Waals surface area contributed by atoms with E-state index in [4.69, 9.17) is 11.6 Å². The van der Waals surface area contributed by atoms with E-state index in [-0.39, 0.29) is 24.0 Å². The monoisotopic (exact) mass is 462 g/mol. The van der Waals surface area contributed by atoms with Gasteiger partial charge in [0.2, 0.25) is 0 Å². The van der Waals surface area contributed by atoms with Crippen molar-refractivity contribution in [3.8, 4) is 0 Å². The van der Waals surface area contributed by atoms with E-state index in [0.717, 1.165) is 48.1 Å². The molecule has 0 aromatic heterocycles. The van der Waals surface area contributed by atoms with Crippen LogP contribution in [0.2, 0.25) is 5.02 Å². The zero-order chi connectivity index (χ0) is 16.1. The number of aliphatic imine (C=N–C) groups is 1. The molecular formula is C18H28ClIN4. The van der Waals surface area contributed by atoms with Crippen LogP contribution >= 0.6 is 35.6 Å². The smallest absolute Gasteiger partial charge is 0.191 e. The third-order valence-electron chi connectivity index (χ3n) is 4.52. The molecule has 2 aliphatic rings. The maximum absolute atomic E-state index is 6.02. The largest absolute Gasteiger partial charge is 0.355 e.